The van der Waals surface area contributed by atoms with Gasteiger partial charge in [-0.15, -0.1) is 0 Å². The molecule has 11 heteroatoms. The fourth-order valence-electron chi connectivity index (χ4n) is 4.19. The number of rotatable bonds is 11. The number of benzene rings is 1. The summed E-state index contributed by atoms with van der Waals surface area (Å²) in [4.78, 5) is 54.3. The average molecular weight is 491 g/mol. The summed E-state index contributed by atoms with van der Waals surface area (Å²) in [6.07, 6.45) is 3.15. The van der Waals surface area contributed by atoms with Gasteiger partial charge in [0.15, 0.2) is 12.3 Å². The molecular formula is C24H31FN4O6. The number of nitrogens with two attached hydrogens (primary N) is 1. The molecule has 0 saturated heterocycles. The molecule has 0 aliphatic heterocycles. The molecule has 190 valence electrons. The van der Waals surface area contributed by atoms with Crippen LogP contribution < -0.4 is 21.9 Å². The summed E-state index contributed by atoms with van der Waals surface area (Å²) in [5.41, 5.74) is 3.94. The van der Waals surface area contributed by atoms with Gasteiger partial charge >= 0.3 is 11.7 Å². The van der Waals surface area contributed by atoms with Gasteiger partial charge in [0.25, 0.3) is 11.5 Å². The zero-order chi connectivity index (χ0) is 25.6. The predicted molar refractivity (Wildman–Crippen MR) is 128 cm³/mol. The molecule has 35 heavy (non-hydrogen) atoms. The first-order valence-corrected chi connectivity index (χ1v) is 11.6. The highest BCUT2D eigenvalue weighted by Gasteiger charge is 2.47. The molecule has 1 amide bonds. The van der Waals surface area contributed by atoms with E-state index in [0.29, 0.717) is 24.8 Å². The molecule has 1 aliphatic rings. The second-order valence-corrected chi connectivity index (χ2v) is 8.56. The van der Waals surface area contributed by atoms with Crippen LogP contribution in [-0.4, -0.2) is 48.3 Å². The maximum Gasteiger partial charge on any atom is 0.330 e. The van der Waals surface area contributed by atoms with Gasteiger partial charge in [-0.3, -0.25) is 28.8 Å². The van der Waals surface area contributed by atoms with Crippen molar-refractivity contribution >= 4 is 23.4 Å². The largest absolute Gasteiger partial charge is 0.455 e. The molecule has 1 saturated carbocycles. The Labute approximate surface area is 201 Å². The number of nitrogens with one attached hydrogen (secondary N) is 1. The topological polar surface area (TPSA) is 137 Å². The third-order valence-corrected chi connectivity index (χ3v) is 6.34. The second kappa shape index (κ2) is 11.3. The summed E-state index contributed by atoms with van der Waals surface area (Å²) < 4.78 is 25.4. The Morgan fingerprint density at radius 3 is 2.63 bits per heavy atom. The fourth-order valence-corrected chi connectivity index (χ4v) is 4.19. The SMILES string of the molecule is CCCCn1c(N)c(N(CCOC)C(=O)COC(=O)C2(c3cccc(F)c3)CCC2)c(=O)[nH]c1=O. The van der Waals surface area contributed by atoms with E-state index in [0.717, 1.165) is 17.7 Å². The number of esters is 1. The maximum absolute atomic E-state index is 13.8. The molecular weight excluding hydrogens is 459 g/mol. The molecule has 0 spiro atoms. The summed E-state index contributed by atoms with van der Waals surface area (Å²) in [5.74, 6) is -1.96. The normalized spacial score (nSPS) is 14.3. The third-order valence-electron chi connectivity index (χ3n) is 6.34. The minimum Gasteiger partial charge on any atom is -0.455 e. The number of carbonyl (C=O) groups excluding carboxylic acids is 2. The van der Waals surface area contributed by atoms with E-state index in [9.17, 15) is 23.6 Å². The highest BCUT2D eigenvalue weighted by Crippen LogP contribution is 2.45. The minimum atomic E-state index is -1.01. The number of hydrogen-bond donors (Lipinski definition) is 2. The number of ether oxygens (including phenoxy) is 2. The monoisotopic (exact) mass is 490 g/mol. The number of halogens is 1. The standard InChI is InChI=1S/C24H31FN4O6/c1-3-4-11-29-20(26)19(21(31)27-23(29)33)28(12-13-34-2)18(30)15-35-22(32)24(9-6-10-24)16-7-5-8-17(25)14-16/h5,7-8,14H,3-4,6,9-13,15,26H2,1-2H3,(H,27,31,33). The van der Waals surface area contributed by atoms with Crippen molar-refractivity contribution in [3.05, 3.63) is 56.5 Å². The summed E-state index contributed by atoms with van der Waals surface area (Å²) in [7, 11) is 1.43. The third kappa shape index (κ3) is 5.45. The zero-order valence-corrected chi connectivity index (χ0v) is 20.0. The number of carbonyl (C=O) groups is 2. The van der Waals surface area contributed by atoms with E-state index in [-0.39, 0.29) is 31.2 Å². The summed E-state index contributed by atoms with van der Waals surface area (Å²) in [6.45, 7) is 1.56. The van der Waals surface area contributed by atoms with Gasteiger partial charge in [-0.2, -0.15) is 0 Å². The lowest BCUT2D eigenvalue weighted by Crippen LogP contribution is -2.47. The smallest absolute Gasteiger partial charge is 0.330 e. The Morgan fingerprint density at radius 1 is 1.29 bits per heavy atom. The van der Waals surface area contributed by atoms with Crippen LogP contribution in [0.1, 0.15) is 44.6 Å². The van der Waals surface area contributed by atoms with Gasteiger partial charge in [-0.25, -0.2) is 9.18 Å². The molecule has 1 aromatic heterocycles. The highest BCUT2D eigenvalue weighted by atomic mass is 19.1. The fraction of sp³-hybridized carbons (Fsp3) is 0.500. The van der Waals surface area contributed by atoms with Crippen LogP contribution in [0, 0.1) is 5.82 Å². The molecule has 1 heterocycles. The van der Waals surface area contributed by atoms with Crippen LogP contribution in [-0.2, 0) is 31.0 Å². The van der Waals surface area contributed by atoms with Crippen LogP contribution in [0.25, 0.3) is 0 Å². The number of anilines is 2. The number of nitrogens with zero attached hydrogens (tertiary/aromatic N) is 2. The van der Waals surface area contributed by atoms with Crippen molar-refractivity contribution in [1.82, 2.24) is 9.55 Å². The number of methoxy groups -OCH3 is 1. The molecule has 2 aromatic rings. The lowest BCUT2D eigenvalue weighted by Gasteiger charge is -2.39. The lowest BCUT2D eigenvalue weighted by atomic mass is 9.64. The molecule has 0 bridgehead atoms. The number of unbranched alkanes of at least 4 members (excludes halogenated alkanes) is 1. The van der Waals surface area contributed by atoms with Crippen molar-refractivity contribution in [3.8, 4) is 0 Å². The van der Waals surface area contributed by atoms with E-state index in [1.54, 1.807) is 6.07 Å². The number of aromatic amines is 1. The van der Waals surface area contributed by atoms with Gasteiger partial charge in [0.1, 0.15) is 11.6 Å². The van der Waals surface area contributed by atoms with E-state index < -0.39 is 41.0 Å². The Hall–Kier alpha value is -3.47. The molecule has 0 radical (unpaired) electrons. The Bertz CT molecular complexity index is 1190. The van der Waals surface area contributed by atoms with Crippen LogP contribution in [0.3, 0.4) is 0 Å². The Morgan fingerprint density at radius 2 is 2.03 bits per heavy atom. The van der Waals surface area contributed by atoms with Gasteiger partial charge in [-0.1, -0.05) is 31.9 Å². The number of amides is 1. The summed E-state index contributed by atoms with van der Waals surface area (Å²) in [6, 6.07) is 5.78. The first-order valence-electron chi connectivity index (χ1n) is 11.6. The van der Waals surface area contributed by atoms with E-state index in [2.05, 4.69) is 4.98 Å². The number of H-pyrrole nitrogens is 1. The quantitative estimate of drug-likeness (QED) is 0.458. The first kappa shape index (κ1) is 26.1. The highest BCUT2D eigenvalue weighted by molar-refractivity contribution is 5.97. The van der Waals surface area contributed by atoms with Crippen molar-refractivity contribution in [1.29, 1.82) is 0 Å². The van der Waals surface area contributed by atoms with Gasteiger partial charge in [-0.05, 0) is 37.0 Å². The molecule has 1 aliphatic carbocycles. The molecule has 3 rings (SSSR count). The van der Waals surface area contributed by atoms with Crippen LogP contribution in [0.4, 0.5) is 15.9 Å². The van der Waals surface area contributed by atoms with E-state index in [1.807, 2.05) is 6.92 Å². The first-order chi connectivity index (χ1) is 16.7. The van der Waals surface area contributed by atoms with Gasteiger partial charge < -0.3 is 15.2 Å². The minimum absolute atomic E-state index is 0.0544. The summed E-state index contributed by atoms with van der Waals surface area (Å²) >= 11 is 0. The van der Waals surface area contributed by atoms with Gasteiger partial charge in [0.05, 0.1) is 12.0 Å². The number of nitrogen functional groups attached to an aromatic ring is 1. The van der Waals surface area contributed by atoms with Crippen molar-refractivity contribution in [2.75, 3.05) is 37.5 Å². The van der Waals surface area contributed by atoms with Crippen LogP contribution in [0.15, 0.2) is 33.9 Å². The molecule has 3 N–H and O–H groups in total. The van der Waals surface area contributed by atoms with Crippen molar-refractivity contribution in [3.63, 3.8) is 0 Å². The molecule has 0 atom stereocenters. The van der Waals surface area contributed by atoms with Crippen LogP contribution in [0.5, 0.6) is 0 Å². The second-order valence-electron chi connectivity index (χ2n) is 8.56. The van der Waals surface area contributed by atoms with Crippen molar-refractivity contribution in [2.45, 2.75) is 51.0 Å². The van der Waals surface area contributed by atoms with Crippen molar-refractivity contribution < 1.29 is 23.5 Å². The van der Waals surface area contributed by atoms with Gasteiger partial charge in [0.2, 0.25) is 0 Å². The zero-order valence-electron chi connectivity index (χ0n) is 20.0. The number of aromatic nitrogens is 2. The lowest BCUT2D eigenvalue weighted by molar-refractivity contribution is -0.157. The average Bonchev–Trinajstić information content (AvgIpc) is 2.78. The molecule has 10 nitrogen and oxygen atoms in total. The van der Waals surface area contributed by atoms with Crippen molar-refractivity contribution in [2.24, 2.45) is 0 Å². The number of hydrogen-bond acceptors (Lipinski definition) is 7. The predicted octanol–water partition coefficient (Wildman–Crippen LogP) is 1.70. The maximum atomic E-state index is 13.8. The Balaban J connectivity index is 1.84. The van der Waals surface area contributed by atoms with Crippen LogP contribution in [0.2, 0.25) is 0 Å². The van der Waals surface area contributed by atoms with E-state index in [4.69, 9.17) is 15.2 Å². The Kier molecular flexibility index (Phi) is 8.44. The summed E-state index contributed by atoms with van der Waals surface area (Å²) in [5, 5.41) is 0. The van der Waals surface area contributed by atoms with Crippen LogP contribution >= 0.6 is 0 Å². The molecule has 1 fully saturated rings. The van der Waals surface area contributed by atoms with Gasteiger partial charge in [0, 0.05) is 20.2 Å². The van der Waals surface area contributed by atoms with E-state index >= 15 is 0 Å². The molecule has 0 unspecified atom stereocenters. The van der Waals surface area contributed by atoms with E-state index in [1.165, 1.54) is 29.9 Å². The molecule has 1 aromatic carbocycles.